The second-order valence-corrected chi connectivity index (χ2v) is 7.07. The molecule has 1 amide bonds. The summed E-state index contributed by atoms with van der Waals surface area (Å²) >= 11 is 17.6. The maximum absolute atomic E-state index is 12.2. The first kappa shape index (κ1) is 20.9. The fourth-order valence-electron chi connectivity index (χ4n) is 2.27. The smallest absolute Gasteiger partial charge is 0.345 e. The molecule has 8 heteroatoms. The van der Waals surface area contributed by atoms with Crippen LogP contribution in [0.2, 0.25) is 15.1 Å². The van der Waals surface area contributed by atoms with Crippen molar-refractivity contribution >= 4 is 52.9 Å². The molecule has 29 heavy (non-hydrogen) atoms. The van der Waals surface area contributed by atoms with E-state index in [2.05, 4.69) is 10.5 Å². The summed E-state index contributed by atoms with van der Waals surface area (Å²) in [6, 6.07) is 17.5. The molecule has 0 aliphatic rings. The minimum atomic E-state index is -0.594. The van der Waals surface area contributed by atoms with E-state index in [1.165, 1.54) is 18.3 Å². The van der Waals surface area contributed by atoms with Gasteiger partial charge in [-0.1, -0.05) is 34.8 Å². The van der Waals surface area contributed by atoms with Gasteiger partial charge in [-0.2, -0.15) is 5.10 Å². The molecule has 146 valence electrons. The van der Waals surface area contributed by atoms with E-state index in [0.29, 0.717) is 26.9 Å². The third kappa shape index (κ3) is 5.81. The van der Waals surface area contributed by atoms with Gasteiger partial charge in [0.25, 0.3) is 5.91 Å². The Bertz CT molecular complexity index is 1070. The number of ether oxygens (including phenoxy) is 1. The molecule has 5 nitrogen and oxygen atoms in total. The second kappa shape index (κ2) is 9.56. The fourth-order valence-corrected chi connectivity index (χ4v) is 2.88. The van der Waals surface area contributed by atoms with Gasteiger partial charge in [0.15, 0.2) is 0 Å². The Morgan fingerprint density at radius 2 is 1.52 bits per heavy atom. The van der Waals surface area contributed by atoms with E-state index in [4.69, 9.17) is 39.5 Å². The third-order valence-electron chi connectivity index (χ3n) is 3.73. The molecule has 0 aliphatic heterocycles. The molecule has 0 radical (unpaired) electrons. The van der Waals surface area contributed by atoms with Crippen molar-refractivity contribution in [2.24, 2.45) is 5.10 Å². The van der Waals surface area contributed by atoms with Gasteiger partial charge in [-0.25, -0.2) is 10.2 Å². The molecule has 0 bridgehead atoms. The van der Waals surface area contributed by atoms with Crippen LogP contribution in [0.1, 0.15) is 26.3 Å². The summed E-state index contributed by atoms with van der Waals surface area (Å²) in [4.78, 5) is 24.2. The zero-order valence-electron chi connectivity index (χ0n) is 14.7. The molecular formula is C21H13Cl3N2O3. The van der Waals surface area contributed by atoms with Crippen LogP contribution in [0.5, 0.6) is 5.75 Å². The highest BCUT2D eigenvalue weighted by molar-refractivity contribution is 6.36. The topological polar surface area (TPSA) is 67.8 Å². The number of carbonyl (C=O) groups excluding carboxylic acids is 2. The maximum Gasteiger partial charge on any atom is 0.345 e. The quantitative estimate of drug-likeness (QED) is 0.238. The predicted octanol–water partition coefficient (Wildman–Crippen LogP) is 5.63. The number of rotatable bonds is 5. The number of hydrogen-bond donors (Lipinski definition) is 1. The second-order valence-electron chi connectivity index (χ2n) is 5.79. The fraction of sp³-hybridized carbons (Fsp3) is 0. The lowest BCUT2D eigenvalue weighted by Crippen LogP contribution is -2.17. The number of benzene rings is 3. The highest BCUT2D eigenvalue weighted by Gasteiger charge is 2.13. The van der Waals surface area contributed by atoms with Crippen LogP contribution in [-0.4, -0.2) is 18.1 Å². The van der Waals surface area contributed by atoms with Crippen molar-refractivity contribution in [3.05, 3.63) is 98.5 Å². The number of amides is 1. The highest BCUT2D eigenvalue weighted by atomic mass is 35.5. The minimum Gasteiger partial charge on any atom is -0.423 e. The summed E-state index contributed by atoms with van der Waals surface area (Å²) in [5.41, 5.74) is 3.78. The Morgan fingerprint density at radius 3 is 2.17 bits per heavy atom. The number of halogens is 3. The Kier molecular flexibility index (Phi) is 6.88. The van der Waals surface area contributed by atoms with E-state index < -0.39 is 5.97 Å². The number of nitrogens with one attached hydrogen (secondary N) is 1. The molecule has 0 spiro atoms. The Labute approximate surface area is 181 Å². The summed E-state index contributed by atoms with van der Waals surface area (Å²) in [7, 11) is 0. The van der Waals surface area contributed by atoms with Crippen LogP contribution < -0.4 is 10.2 Å². The average molecular weight is 448 g/mol. The van der Waals surface area contributed by atoms with Gasteiger partial charge in [0.1, 0.15) is 5.75 Å². The van der Waals surface area contributed by atoms with Gasteiger partial charge in [0.2, 0.25) is 0 Å². The van der Waals surface area contributed by atoms with Gasteiger partial charge in [-0.15, -0.1) is 0 Å². The van der Waals surface area contributed by atoms with Gasteiger partial charge in [0.05, 0.1) is 16.8 Å². The van der Waals surface area contributed by atoms with Crippen LogP contribution in [0, 0.1) is 0 Å². The highest BCUT2D eigenvalue weighted by Crippen LogP contribution is 2.23. The molecule has 0 fully saturated rings. The van der Waals surface area contributed by atoms with E-state index in [-0.39, 0.29) is 16.5 Å². The van der Waals surface area contributed by atoms with Crippen LogP contribution in [-0.2, 0) is 0 Å². The van der Waals surface area contributed by atoms with E-state index in [0.717, 1.165) is 0 Å². The predicted molar refractivity (Wildman–Crippen MR) is 114 cm³/mol. The molecule has 1 N–H and O–H groups in total. The lowest BCUT2D eigenvalue weighted by molar-refractivity contribution is 0.0734. The van der Waals surface area contributed by atoms with Crippen molar-refractivity contribution in [3.63, 3.8) is 0 Å². The van der Waals surface area contributed by atoms with Gasteiger partial charge >= 0.3 is 5.97 Å². The monoisotopic (exact) mass is 446 g/mol. The first-order valence-corrected chi connectivity index (χ1v) is 9.42. The molecule has 0 aromatic heterocycles. The van der Waals surface area contributed by atoms with Crippen molar-refractivity contribution in [1.29, 1.82) is 0 Å². The molecule has 0 saturated carbocycles. The molecule has 0 aliphatic carbocycles. The number of nitrogens with zero attached hydrogens (tertiary/aromatic N) is 1. The molecule has 3 aromatic carbocycles. The number of esters is 1. The van der Waals surface area contributed by atoms with E-state index in [1.807, 2.05) is 0 Å². The van der Waals surface area contributed by atoms with Crippen LogP contribution in [0.15, 0.2) is 71.8 Å². The lowest BCUT2D eigenvalue weighted by Gasteiger charge is -2.06. The first-order chi connectivity index (χ1) is 13.9. The standard InChI is InChI=1S/C21H13Cl3N2O3/c22-15-5-3-14(4-6-15)20(27)26-25-12-13-1-8-17(9-2-13)29-21(28)18-10-7-16(23)11-19(18)24/h1-12H,(H,26,27)/b25-12-. The summed E-state index contributed by atoms with van der Waals surface area (Å²) in [5, 5.41) is 5.09. The van der Waals surface area contributed by atoms with Crippen molar-refractivity contribution in [3.8, 4) is 5.75 Å². The molecule has 0 atom stereocenters. The van der Waals surface area contributed by atoms with Crippen LogP contribution >= 0.6 is 34.8 Å². The zero-order chi connectivity index (χ0) is 20.8. The molecule has 0 unspecified atom stereocenters. The molecule has 3 aromatic rings. The van der Waals surface area contributed by atoms with Gasteiger partial charge in [-0.3, -0.25) is 4.79 Å². The normalized spacial score (nSPS) is 10.7. The van der Waals surface area contributed by atoms with Crippen molar-refractivity contribution in [2.45, 2.75) is 0 Å². The molecular weight excluding hydrogens is 435 g/mol. The molecule has 0 heterocycles. The van der Waals surface area contributed by atoms with E-state index in [1.54, 1.807) is 54.6 Å². The van der Waals surface area contributed by atoms with Gasteiger partial charge < -0.3 is 4.74 Å². The van der Waals surface area contributed by atoms with E-state index in [9.17, 15) is 9.59 Å². The lowest BCUT2D eigenvalue weighted by atomic mass is 10.2. The van der Waals surface area contributed by atoms with Crippen molar-refractivity contribution in [1.82, 2.24) is 5.43 Å². The number of hydrazone groups is 1. The zero-order valence-corrected chi connectivity index (χ0v) is 17.0. The summed E-state index contributed by atoms with van der Waals surface area (Å²) in [6.07, 6.45) is 1.47. The molecule has 3 rings (SSSR count). The third-order valence-corrected chi connectivity index (χ3v) is 4.53. The summed E-state index contributed by atoms with van der Waals surface area (Å²) < 4.78 is 5.29. The summed E-state index contributed by atoms with van der Waals surface area (Å²) in [6.45, 7) is 0. The van der Waals surface area contributed by atoms with Gasteiger partial charge in [-0.05, 0) is 72.3 Å². The Balaban J connectivity index is 1.58. The Hall–Kier alpha value is -2.86. The average Bonchev–Trinajstić information content (AvgIpc) is 2.69. The Morgan fingerprint density at radius 1 is 0.862 bits per heavy atom. The molecule has 0 saturated heterocycles. The van der Waals surface area contributed by atoms with Crippen LogP contribution in [0.25, 0.3) is 0 Å². The maximum atomic E-state index is 12.2. The van der Waals surface area contributed by atoms with Crippen LogP contribution in [0.4, 0.5) is 0 Å². The first-order valence-electron chi connectivity index (χ1n) is 8.28. The van der Waals surface area contributed by atoms with Crippen molar-refractivity contribution < 1.29 is 14.3 Å². The number of carbonyl (C=O) groups is 2. The minimum absolute atomic E-state index is 0.211. The largest absolute Gasteiger partial charge is 0.423 e. The summed E-state index contributed by atoms with van der Waals surface area (Å²) in [5.74, 6) is -0.616. The number of hydrogen-bond acceptors (Lipinski definition) is 4. The SMILES string of the molecule is O=C(N/N=C\c1ccc(OC(=O)c2ccc(Cl)cc2Cl)cc1)c1ccc(Cl)cc1. The van der Waals surface area contributed by atoms with Crippen molar-refractivity contribution in [2.75, 3.05) is 0 Å². The van der Waals surface area contributed by atoms with Gasteiger partial charge in [0, 0.05) is 15.6 Å². The van der Waals surface area contributed by atoms with E-state index >= 15 is 0 Å². The van der Waals surface area contributed by atoms with Crippen LogP contribution in [0.3, 0.4) is 0 Å².